The number of hydrogen-bond donors (Lipinski definition) is 2. The van der Waals surface area contributed by atoms with Crippen LogP contribution < -0.4 is 5.32 Å². The maximum Gasteiger partial charge on any atom is 0.191 e. The largest absolute Gasteiger partial charge is 0.396 e. The van der Waals surface area contributed by atoms with Crippen molar-refractivity contribution in [1.82, 2.24) is 78.9 Å². The zero-order valence-corrected chi connectivity index (χ0v) is 66.7. The number of aliphatic hydroxyl groups is 1. The first-order valence-electron chi connectivity index (χ1n) is 37.8. The Morgan fingerprint density at radius 3 is 1.22 bits per heavy atom. The number of nitrogens with zero attached hydrogens (tertiary/aromatic N) is 15. The summed E-state index contributed by atoms with van der Waals surface area (Å²) in [5.41, 5.74) is 29.0. The molecule has 0 bridgehead atoms. The van der Waals surface area contributed by atoms with Crippen LogP contribution in [0.25, 0.3) is 67.3 Å². The van der Waals surface area contributed by atoms with Gasteiger partial charge in [0.25, 0.3) is 0 Å². The first-order chi connectivity index (χ1) is 50.3. The number of aliphatic hydroxyl groups excluding tert-OH is 1. The van der Waals surface area contributed by atoms with E-state index in [-0.39, 0.29) is 19.0 Å². The number of alkyl halides is 1. The van der Waals surface area contributed by atoms with Crippen LogP contribution in [0.15, 0.2) is 133 Å². The van der Waals surface area contributed by atoms with E-state index >= 15 is 0 Å². The average molecular weight is 1470 g/mol. The number of fused-ring (bicyclic) bond motifs is 5. The number of rotatable bonds is 16. The summed E-state index contributed by atoms with van der Waals surface area (Å²) in [4.78, 5) is 12.4. The highest BCUT2D eigenvalue weighted by molar-refractivity contribution is 7.99. The van der Waals surface area contributed by atoms with Crippen molar-refractivity contribution in [3.05, 3.63) is 200 Å². The van der Waals surface area contributed by atoms with Gasteiger partial charge in [-0.1, -0.05) is 78.5 Å². The van der Waals surface area contributed by atoms with Gasteiger partial charge in [0.2, 0.25) is 0 Å². The van der Waals surface area contributed by atoms with Crippen LogP contribution in [0.4, 0.5) is 0 Å². The van der Waals surface area contributed by atoms with E-state index in [1.54, 1.807) is 11.8 Å². The second-order valence-electron chi connectivity index (χ2n) is 29.3. The van der Waals surface area contributed by atoms with Crippen molar-refractivity contribution >= 4 is 46.7 Å². The third-order valence-electron chi connectivity index (χ3n) is 21.8. The van der Waals surface area contributed by atoms with Crippen LogP contribution in [0.1, 0.15) is 113 Å². The first-order valence-corrected chi connectivity index (χ1v) is 39.3. The minimum Gasteiger partial charge on any atom is -0.396 e. The number of aryl methyl sites for hydroxylation is 9. The summed E-state index contributed by atoms with van der Waals surface area (Å²) < 4.78 is 10.0. The molecular formula is C85H110Cl2N16OS. The Morgan fingerprint density at radius 1 is 0.438 bits per heavy atom. The highest BCUT2D eigenvalue weighted by atomic mass is 35.5. The molecule has 0 aliphatic carbocycles. The smallest absolute Gasteiger partial charge is 0.191 e. The Hall–Kier alpha value is -7.78. The van der Waals surface area contributed by atoms with Gasteiger partial charge in [0.1, 0.15) is 0 Å². The summed E-state index contributed by atoms with van der Waals surface area (Å²) in [6.45, 7) is 26.1. The van der Waals surface area contributed by atoms with Crippen molar-refractivity contribution in [3.63, 3.8) is 0 Å². The van der Waals surface area contributed by atoms with Crippen molar-refractivity contribution in [2.45, 2.75) is 149 Å². The van der Waals surface area contributed by atoms with E-state index < -0.39 is 0 Å². The molecule has 11 aromatic rings. The average Bonchev–Trinajstić information content (AvgIpc) is 1.26. The second-order valence-corrected chi connectivity index (χ2v) is 30.8. The third kappa shape index (κ3) is 19.3. The molecule has 6 aromatic heterocycles. The molecule has 10 heterocycles. The predicted molar refractivity (Wildman–Crippen MR) is 435 cm³/mol. The lowest BCUT2D eigenvalue weighted by Gasteiger charge is -2.27. The van der Waals surface area contributed by atoms with E-state index in [1.165, 1.54) is 89.5 Å². The summed E-state index contributed by atoms with van der Waals surface area (Å²) in [5.74, 6) is 2.64. The topological polar surface area (TPSA) is 157 Å². The van der Waals surface area contributed by atoms with Crippen LogP contribution in [0.5, 0.6) is 0 Å². The number of halogens is 2. The number of aromatic nitrogens is 12. The Bertz CT molecular complexity index is 4600. The predicted octanol–water partition coefficient (Wildman–Crippen LogP) is 14.9. The van der Waals surface area contributed by atoms with Gasteiger partial charge in [-0.3, -0.25) is 38.4 Å². The van der Waals surface area contributed by atoms with Crippen LogP contribution in [-0.2, 0) is 86.6 Å². The van der Waals surface area contributed by atoms with Gasteiger partial charge in [0.05, 0.1) is 51.1 Å². The molecule has 2 N–H and O–H groups in total. The molecule has 5 aromatic carbocycles. The molecule has 3 atom stereocenters. The van der Waals surface area contributed by atoms with Crippen LogP contribution in [0.3, 0.4) is 0 Å². The molecule has 3 unspecified atom stereocenters. The van der Waals surface area contributed by atoms with Crippen molar-refractivity contribution in [3.8, 4) is 56.4 Å². The summed E-state index contributed by atoms with van der Waals surface area (Å²) in [6.07, 6.45) is 11.9. The maximum atomic E-state index is 9.17. The van der Waals surface area contributed by atoms with Crippen molar-refractivity contribution in [2.75, 3.05) is 70.6 Å². The number of nitrogens with one attached hydrogen (secondary N) is 1. The van der Waals surface area contributed by atoms with Gasteiger partial charge >= 0.3 is 0 Å². The lowest BCUT2D eigenvalue weighted by atomic mass is 9.99. The molecule has 0 spiro atoms. The van der Waals surface area contributed by atoms with Gasteiger partial charge in [0, 0.05) is 150 Å². The molecule has 0 radical (unpaired) electrons. The SMILES string of the molecule is Cc1cc(-c2ccc3c(c2)CCN(C(C)CCCl)CC3)n(C)n1.Cc1cc(-c2ccc3c(c2)CCN(C(C)CCO)CC3)n(C)n1.Cc1cc(-c2ccc3c(c2)CCNCC3)n(C)n1.Cc1ccc2c(-c3nnc(SCCC(C)N4CCc5ccc(-c6cc(C)nn6C)cc5CC4)n3C)cccc2n1.Cl. The van der Waals surface area contributed by atoms with Crippen LogP contribution >= 0.6 is 35.8 Å². The highest BCUT2D eigenvalue weighted by Gasteiger charge is 2.25. The Morgan fingerprint density at radius 2 is 0.819 bits per heavy atom. The zero-order valence-electron chi connectivity index (χ0n) is 64.3. The van der Waals surface area contributed by atoms with E-state index in [1.807, 2.05) is 80.7 Å². The van der Waals surface area contributed by atoms with Crippen LogP contribution in [0.2, 0.25) is 0 Å². The van der Waals surface area contributed by atoms with E-state index in [0.717, 1.165) is 191 Å². The fourth-order valence-electron chi connectivity index (χ4n) is 15.7. The normalized spacial score (nSPS) is 15.6. The van der Waals surface area contributed by atoms with E-state index in [9.17, 15) is 0 Å². The Kier molecular flexibility index (Phi) is 27.0. The second kappa shape index (κ2) is 36.2. The molecule has 556 valence electrons. The number of pyridine rings is 1. The van der Waals surface area contributed by atoms with Gasteiger partial charge in [-0.15, -0.1) is 34.2 Å². The summed E-state index contributed by atoms with van der Waals surface area (Å²) >= 11 is 7.71. The fraction of sp³-hybridized carbons (Fsp3) is 0.447. The minimum absolute atomic E-state index is 0. The molecule has 105 heavy (non-hydrogen) atoms. The van der Waals surface area contributed by atoms with Gasteiger partial charge in [-0.2, -0.15) is 20.4 Å². The lowest BCUT2D eigenvalue weighted by molar-refractivity contribution is 0.173. The van der Waals surface area contributed by atoms with Gasteiger partial charge in [-0.05, 0) is 244 Å². The Balaban J connectivity index is 0.000000147. The van der Waals surface area contributed by atoms with Crippen LogP contribution in [0, 0.1) is 34.6 Å². The summed E-state index contributed by atoms with van der Waals surface area (Å²) in [7, 11) is 10.1. The maximum absolute atomic E-state index is 9.17. The van der Waals surface area contributed by atoms with Crippen molar-refractivity contribution < 1.29 is 5.11 Å². The molecular weight excluding hydrogens is 1360 g/mol. The third-order valence-corrected chi connectivity index (χ3v) is 23.1. The van der Waals surface area contributed by atoms with Gasteiger partial charge in [-0.25, -0.2) is 0 Å². The fourth-order valence-corrected chi connectivity index (χ4v) is 17.1. The minimum atomic E-state index is 0. The number of thioether (sulfide) groups is 1. The summed E-state index contributed by atoms with van der Waals surface area (Å²) in [5, 5.41) is 41.7. The van der Waals surface area contributed by atoms with E-state index in [0.29, 0.717) is 18.1 Å². The van der Waals surface area contributed by atoms with E-state index in [4.69, 9.17) is 16.7 Å². The first kappa shape index (κ1) is 78.3. The quantitative estimate of drug-likeness (QED) is 0.0696. The molecule has 17 nitrogen and oxygen atoms in total. The molecule has 20 heteroatoms. The Labute approximate surface area is 638 Å². The molecule has 0 saturated heterocycles. The van der Waals surface area contributed by atoms with E-state index in [2.05, 4.69) is 216 Å². The molecule has 0 saturated carbocycles. The zero-order chi connectivity index (χ0) is 73.1. The molecule has 0 fully saturated rings. The lowest BCUT2D eigenvalue weighted by Crippen LogP contribution is -2.35. The van der Waals surface area contributed by atoms with Gasteiger partial charge < -0.3 is 15.0 Å². The standard InChI is InChI=1S/C32H37N7S.C19H26ClN3.C19H27N3O.C15H19N3.ClH/c1-21-9-12-27-28(7-6-8-29(27)33-21)31-34-35-32(37(31)4)40-18-15-23(3)39-16-13-24-10-11-26(20-25(24)14-17-39)30-19-22(2)36-38(30)5;1-14-12-19(22(3)21-14)18-5-4-16-7-10-23(15(2)6-9-20)11-8-17(16)13-18;1-14-12-19(21(3)20-14)18-5-4-16-6-9-22(15(2)8-11-23)10-7-17(16)13-18;1-11-9-15(18(2)17-11)14-4-3-12-5-7-16-8-6-13(12)10-14;/h6-12,19-20,23H,13-18H2,1-5H3;4-5,12-13,15H,6-11H2,1-3H3;4-5,12-13,15,23H,6-11H2,1-3H3;3-4,9-10,16H,5-8H2,1-2H3;1H. The van der Waals surface area contributed by atoms with Gasteiger partial charge in [0.15, 0.2) is 11.0 Å². The molecule has 15 rings (SSSR count). The highest BCUT2D eigenvalue weighted by Crippen LogP contribution is 2.33. The molecule has 4 aliphatic rings. The summed E-state index contributed by atoms with van der Waals surface area (Å²) in [6, 6.07) is 48.1. The van der Waals surface area contributed by atoms with Crippen molar-refractivity contribution in [1.29, 1.82) is 0 Å². The monoisotopic (exact) mass is 1470 g/mol. The number of benzene rings is 5. The molecule has 0 amide bonds. The molecule has 4 aliphatic heterocycles. The van der Waals surface area contributed by atoms with Crippen molar-refractivity contribution in [2.24, 2.45) is 35.2 Å². The van der Waals surface area contributed by atoms with Crippen LogP contribution in [-0.4, -0.2) is 167 Å². The number of hydrogen-bond acceptors (Lipinski definition) is 13.